The Morgan fingerprint density at radius 1 is 1.00 bits per heavy atom. The minimum Gasteiger partial charge on any atom is -0.493 e. The molecule has 8 nitrogen and oxygen atoms in total. The smallest absolute Gasteiger partial charge is 0.226 e. The second-order valence-electron chi connectivity index (χ2n) is 11.6. The molecule has 1 amide bonds. The minimum absolute atomic E-state index is 0.0829. The number of hydrogen-bond acceptors (Lipinski definition) is 7. The van der Waals surface area contributed by atoms with Crippen molar-refractivity contribution in [2.45, 2.75) is 64.1 Å². The normalized spacial score (nSPS) is 23.3. The molecule has 1 aliphatic carbocycles. The number of ether oxygens (including phenoxy) is 3. The number of rotatable bonds is 7. The summed E-state index contributed by atoms with van der Waals surface area (Å²) in [7, 11) is 0. The van der Waals surface area contributed by atoms with Crippen LogP contribution in [0.5, 0.6) is 5.75 Å². The SMILES string of the molecule is CCc1cnc(N2CCC(COc3ccc(C4=CCC(C(=O)N5CCC6(CC5)OCCO6)CC4)cc3)CC2)nc1. The quantitative estimate of drug-likeness (QED) is 0.490. The van der Waals surface area contributed by atoms with Crippen molar-refractivity contribution in [1.82, 2.24) is 14.9 Å². The zero-order valence-electron chi connectivity index (χ0n) is 23.7. The lowest BCUT2D eigenvalue weighted by Gasteiger charge is -2.39. The highest BCUT2D eigenvalue weighted by atomic mass is 16.7. The van der Waals surface area contributed by atoms with Gasteiger partial charge >= 0.3 is 0 Å². The Morgan fingerprint density at radius 3 is 2.33 bits per heavy atom. The molecule has 1 spiro atoms. The van der Waals surface area contributed by atoms with Crippen LogP contribution in [0.15, 0.2) is 42.7 Å². The zero-order chi connectivity index (χ0) is 27.4. The van der Waals surface area contributed by atoms with Crippen LogP contribution in [-0.4, -0.2) is 72.6 Å². The Morgan fingerprint density at radius 2 is 1.70 bits per heavy atom. The van der Waals surface area contributed by atoms with Gasteiger partial charge in [0.05, 0.1) is 19.8 Å². The van der Waals surface area contributed by atoms with E-state index < -0.39 is 5.79 Å². The first-order valence-electron chi connectivity index (χ1n) is 15.2. The summed E-state index contributed by atoms with van der Waals surface area (Å²) in [6.45, 7) is 7.60. The molecule has 2 aromatic rings. The van der Waals surface area contributed by atoms with Gasteiger partial charge < -0.3 is 24.0 Å². The summed E-state index contributed by atoms with van der Waals surface area (Å²) in [4.78, 5) is 26.5. The van der Waals surface area contributed by atoms with Crippen LogP contribution in [0.25, 0.3) is 5.57 Å². The van der Waals surface area contributed by atoms with Crippen LogP contribution in [0.2, 0.25) is 0 Å². The largest absolute Gasteiger partial charge is 0.493 e. The number of likely N-dealkylation sites (tertiary alicyclic amines) is 1. The maximum atomic E-state index is 13.2. The number of aryl methyl sites for hydroxylation is 1. The average Bonchev–Trinajstić information content (AvgIpc) is 3.48. The standard InChI is InChI=1S/C32H42N4O4/c1-2-24-21-33-31(34-22-24)36-15-11-25(12-16-36)23-38-29-9-7-27(8-10-29)26-3-5-28(6-4-26)30(37)35-17-13-32(14-18-35)39-19-20-40-32/h3,7-10,21-22,25,28H,2,4-6,11-20,23H2,1H3. The fourth-order valence-electron chi connectivity index (χ4n) is 6.41. The van der Waals surface area contributed by atoms with Crippen molar-refractivity contribution in [3.63, 3.8) is 0 Å². The maximum Gasteiger partial charge on any atom is 0.226 e. The molecule has 1 aromatic carbocycles. The summed E-state index contributed by atoms with van der Waals surface area (Å²) in [6.07, 6.45) is 13.5. The zero-order valence-corrected chi connectivity index (χ0v) is 23.7. The van der Waals surface area contributed by atoms with Crippen molar-refractivity contribution in [1.29, 1.82) is 0 Å². The van der Waals surface area contributed by atoms with E-state index in [2.05, 4.69) is 52.1 Å². The number of anilines is 1. The second-order valence-corrected chi connectivity index (χ2v) is 11.6. The molecular weight excluding hydrogens is 504 g/mol. The molecule has 1 atom stereocenters. The van der Waals surface area contributed by atoms with Crippen LogP contribution in [0.1, 0.15) is 63.0 Å². The Kier molecular flexibility index (Phi) is 8.35. The van der Waals surface area contributed by atoms with Crippen molar-refractivity contribution in [3.05, 3.63) is 53.9 Å². The van der Waals surface area contributed by atoms with Gasteiger partial charge in [0.2, 0.25) is 11.9 Å². The Labute approximate surface area is 237 Å². The van der Waals surface area contributed by atoms with E-state index in [0.29, 0.717) is 25.0 Å². The molecule has 4 aliphatic rings. The molecule has 3 saturated heterocycles. The van der Waals surface area contributed by atoms with E-state index in [9.17, 15) is 4.79 Å². The number of carbonyl (C=O) groups excluding carboxylic acids is 1. The highest BCUT2D eigenvalue weighted by Gasteiger charge is 2.41. The third kappa shape index (κ3) is 6.18. The van der Waals surface area contributed by atoms with E-state index >= 15 is 0 Å². The van der Waals surface area contributed by atoms with E-state index in [1.807, 2.05) is 17.3 Å². The maximum absolute atomic E-state index is 13.2. The lowest BCUT2D eigenvalue weighted by molar-refractivity contribution is -0.188. The predicted molar refractivity (Wildman–Crippen MR) is 154 cm³/mol. The molecule has 0 radical (unpaired) electrons. The van der Waals surface area contributed by atoms with Gasteiger partial charge in [0.1, 0.15) is 5.75 Å². The molecule has 0 bridgehead atoms. The monoisotopic (exact) mass is 546 g/mol. The molecule has 3 fully saturated rings. The van der Waals surface area contributed by atoms with Gasteiger partial charge in [0.15, 0.2) is 5.79 Å². The third-order valence-electron chi connectivity index (χ3n) is 9.12. The van der Waals surface area contributed by atoms with Crippen LogP contribution in [0.3, 0.4) is 0 Å². The van der Waals surface area contributed by atoms with Crippen molar-refractivity contribution >= 4 is 17.4 Å². The van der Waals surface area contributed by atoms with Crippen LogP contribution < -0.4 is 9.64 Å². The van der Waals surface area contributed by atoms with Gasteiger partial charge in [-0.05, 0) is 73.3 Å². The molecule has 214 valence electrons. The van der Waals surface area contributed by atoms with Crippen molar-refractivity contribution in [2.24, 2.45) is 11.8 Å². The van der Waals surface area contributed by atoms with Crippen molar-refractivity contribution in [2.75, 3.05) is 50.9 Å². The minimum atomic E-state index is -0.430. The first kappa shape index (κ1) is 27.2. The number of carbonyl (C=O) groups is 1. The average molecular weight is 547 g/mol. The molecule has 40 heavy (non-hydrogen) atoms. The second kappa shape index (κ2) is 12.3. The van der Waals surface area contributed by atoms with Gasteiger partial charge in [-0.25, -0.2) is 9.97 Å². The summed E-state index contributed by atoms with van der Waals surface area (Å²) >= 11 is 0. The van der Waals surface area contributed by atoms with Gasteiger partial charge in [-0.3, -0.25) is 4.79 Å². The molecule has 1 unspecified atom stereocenters. The summed E-state index contributed by atoms with van der Waals surface area (Å²) in [6, 6.07) is 8.49. The van der Waals surface area contributed by atoms with Crippen LogP contribution >= 0.6 is 0 Å². The van der Waals surface area contributed by atoms with Gasteiger partial charge in [-0.15, -0.1) is 0 Å². The van der Waals surface area contributed by atoms with Crippen LogP contribution in [0.4, 0.5) is 5.95 Å². The Hall–Kier alpha value is -2.97. The lowest BCUT2D eigenvalue weighted by Crippen LogP contribution is -2.49. The van der Waals surface area contributed by atoms with Gasteiger partial charge in [-0.2, -0.15) is 0 Å². The third-order valence-corrected chi connectivity index (χ3v) is 9.12. The number of amides is 1. The molecule has 6 rings (SSSR count). The molecule has 4 heterocycles. The number of nitrogens with zero attached hydrogens (tertiary/aromatic N) is 4. The fourth-order valence-corrected chi connectivity index (χ4v) is 6.41. The first-order chi connectivity index (χ1) is 19.6. The molecule has 8 heteroatoms. The number of piperidine rings is 2. The fraction of sp³-hybridized carbons (Fsp3) is 0.594. The van der Waals surface area contributed by atoms with Gasteiger partial charge in [0, 0.05) is 57.3 Å². The first-order valence-corrected chi connectivity index (χ1v) is 15.2. The summed E-state index contributed by atoms with van der Waals surface area (Å²) in [5.41, 5.74) is 3.74. The summed E-state index contributed by atoms with van der Waals surface area (Å²) < 4.78 is 17.8. The molecule has 3 aliphatic heterocycles. The van der Waals surface area contributed by atoms with Crippen LogP contribution in [-0.2, 0) is 20.7 Å². The Balaban J connectivity index is 0.936. The number of allylic oxidation sites excluding steroid dienone is 2. The van der Waals surface area contributed by atoms with Gasteiger partial charge in [0.25, 0.3) is 0 Å². The van der Waals surface area contributed by atoms with E-state index in [-0.39, 0.29) is 5.92 Å². The highest BCUT2D eigenvalue weighted by Crippen LogP contribution is 2.35. The molecule has 0 N–H and O–H groups in total. The van der Waals surface area contributed by atoms with Crippen LogP contribution in [0, 0.1) is 11.8 Å². The van der Waals surface area contributed by atoms with E-state index in [1.54, 1.807) is 0 Å². The lowest BCUT2D eigenvalue weighted by atomic mass is 9.85. The predicted octanol–water partition coefficient (Wildman–Crippen LogP) is 4.88. The van der Waals surface area contributed by atoms with E-state index in [0.717, 1.165) is 95.9 Å². The number of aromatic nitrogens is 2. The summed E-state index contributed by atoms with van der Waals surface area (Å²) in [5.74, 6) is 2.26. The number of hydrogen-bond donors (Lipinski definition) is 0. The molecular formula is C32H42N4O4. The van der Waals surface area contributed by atoms with Gasteiger partial charge in [-0.1, -0.05) is 25.1 Å². The van der Waals surface area contributed by atoms with Crippen molar-refractivity contribution in [3.8, 4) is 5.75 Å². The highest BCUT2D eigenvalue weighted by molar-refractivity contribution is 5.81. The van der Waals surface area contributed by atoms with E-state index in [1.165, 1.54) is 16.7 Å². The Bertz CT molecular complexity index is 1160. The molecule has 1 aromatic heterocycles. The number of benzene rings is 1. The van der Waals surface area contributed by atoms with Crippen molar-refractivity contribution < 1.29 is 19.0 Å². The topological polar surface area (TPSA) is 77.0 Å². The summed E-state index contributed by atoms with van der Waals surface area (Å²) in [5, 5.41) is 0. The van der Waals surface area contributed by atoms with E-state index in [4.69, 9.17) is 14.2 Å². The molecule has 0 saturated carbocycles.